The third-order valence-corrected chi connectivity index (χ3v) is 5.68. The lowest BCUT2D eigenvalue weighted by atomic mass is 10.2. The number of nitrogens with one attached hydrogen (secondary N) is 1. The number of imidazole rings is 1. The molecule has 1 aliphatic carbocycles. The largest absolute Gasteiger partial charge is 0.497 e. The molecule has 0 spiro atoms. The van der Waals surface area contributed by atoms with Crippen molar-refractivity contribution in [1.82, 2.24) is 9.97 Å². The molecule has 5 nitrogen and oxygen atoms in total. The van der Waals surface area contributed by atoms with Crippen molar-refractivity contribution < 1.29 is 9.13 Å². The highest BCUT2D eigenvalue weighted by Crippen LogP contribution is 2.29. The van der Waals surface area contributed by atoms with E-state index in [0.717, 1.165) is 66.5 Å². The van der Waals surface area contributed by atoms with Gasteiger partial charge in [-0.1, -0.05) is 18.2 Å². The van der Waals surface area contributed by atoms with Crippen LogP contribution in [-0.2, 0) is 0 Å². The van der Waals surface area contributed by atoms with Crippen LogP contribution in [0, 0.1) is 5.82 Å². The van der Waals surface area contributed by atoms with Gasteiger partial charge in [-0.05, 0) is 42.3 Å². The fraction of sp³-hybridized carbons (Fsp3) is 0.261. The zero-order chi connectivity index (χ0) is 19.8. The first-order valence-electron chi connectivity index (χ1n) is 9.90. The van der Waals surface area contributed by atoms with Crippen molar-refractivity contribution in [1.29, 1.82) is 0 Å². The summed E-state index contributed by atoms with van der Waals surface area (Å²) in [4.78, 5) is 12.4. The van der Waals surface area contributed by atoms with E-state index in [1.807, 2.05) is 30.4 Å². The minimum absolute atomic E-state index is 0.205. The Bertz CT molecular complexity index is 1090. The highest BCUT2D eigenvalue weighted by atomic mass is 19.1. The summed E-state index contributed by atoms with van der Waals surface area (Å²) < 4.78 is 20.1. The lowest BCUT2D eigenvalue weighted by molar-refractivity contribution is 0.415. The molecule has 1 aliphatic heterocycles. The van der Waals surface area contributed by atoms with Gasteiger partial charge < -0.3 is 19.5 Å². The molecule has 148 valence electrons. The third-order valence-electron chi connectivity index (χ3n) is 5.68. The number of benzene rings is 2. The third kappa shape index (κ3) is 3.35. The number of aromatic amines is 1. The quantitative estimate of drug-likeness (QED) is 0.718. The van der Waals surface area contributed by atoms with Crippen LogP contribution in [0.5, 0.6) is 5.75 Å². The average molecular weight is 390 g/mol. The average Bonchev–Trinajstić information content (AvgIpc) is 3.43. The highest BCUT2D eigenvalue weighted by molar-refractivity contribution is 5.83. The number of piperazine rings is 1. The van der Waals surface area contributed by atoms with E-state index < -0.39 is 0 Å². The SMILES string of the molecule is COc1ccc(N2CCN(c3cc4nc(C5=CC=CC5)[nH]c4cc3F)CC2)cc1. The zero-order valence-corrected chi connectivity index (χ0v) is 16.4. The first kappa shape index (κ1) is 17.8. The summed E-state index contributed by atoms with van der Waals surface area (Å²) in [5.41, 5.74) is 4.48. The van der Waals surface area contributed by atoms with E-state index in [1.54, 1.807) is 13.2 Å². The number of allylic oxidation sites excluding steroid dienone is 4. The van der Waals surface area contributed by atoms with Crippen LogP contribution < -0.4 is 14.5 Å². The number of nitrogens with zero attached hydrogens (tertiary/aromatic N) is 3. The number of rotatable bonds is 4. The van der Waals surface area contributed by atoms with Gasteiger partial charge in [0, 0.05) is 37.9 Å². The molecule has 3 aromatic rings. The smallest absolute Gasteiger partial charge is 0.148 e. The van der Waals surface area contributed by atoms with E-state index in [0.29, 0.717) is 5.69 Å². The molecule has 1 N–H and O–H groups in total. The van der Waals surface area contributed by atoms with Crippen molar-refractivity contribution in [2.75, 3.05) is 43.1 Å². The molecule has 2 aliphatic rings. The molecule has 1 aromatic heterocycles. The van der Waals surface area contributed by atoms with Gasteiger partial charge in [-0.2, -0.15) is 0 Å². The fourth-order valence-corrected chi connectivity index (χ4v) is 4.04. The topological polar surface area (TPSA) is 44.4 Å². The Morgan fingerprint density at radius 1 is 1.03 bits per heavy atom. The van der Waals surface area contributed by atoms with Crippen molar-refractivity contribution in [2.45, 2.75) is 6.42 Å². The highest BCUT2D eigenvalue weighted by Gasteiger charge is 2.21. The Kier molecular flexibility index (Phi) is 4.46. The number of H-pyrrole nitrogens is 1. The second-order valence-corrected chi connectivity index (χ2v) is 7.40. The maximum atomic E-state index is 14.9. The van der Waals surface area contributed by atoms with Gasteiger partial charge in [-0.25, -0.2) is 9.37 Å². The molecule has 0 saturated carbocycles. The summed E-state index contributed by atoms with van der Waals surface area (Å²) in [6, 6.07) is 11.5. The molecule has 0 amide bonds. The molecule has 2 heterocycles. The minimum Gasteiger partial charge on any atom is -0.497 e. The van der Waals surface area contributed by atoms with Gasteiger partial charge in [0.15, 0.2) is 0 Å². The Morgan fingerprint density at radius 3 is 2.48 bits per heavy atom. The molecule has 0 atom stereocenters. The van der Waals surface area contributed by atoms with Crippen LogP contribution in [0.1, 0.15) is 12.2 Å². The number of aromatic nitrogens is 2. The van der Waals surface area contributed by atoms with Gasteiger partial charge in [-0.15, -0.1) is 0 Å². The van der Waals surface area contributed by atoms with Crippen LogP contribution in [0.3, 0.4) is 0 Å². The number of fused-ring (bicyclic) bond motifs is 1. The second-order valence-electron chi connectivity index (χ2n) is 7.40. The van der Waals surface area contributed by atoms with E-state index in [2.05, 4.69) is 33.0 Å². The summed E-state index contributed by atoms with van der Waals surface area (Å²) in [6.07, 6.45) is 7.03. The Morgan fingerprint density at radius 2 is 1.79 bits per heavy atom. The molecule has 1 saturated heterocycles. The summed E-state index contributed by atoms with van der Waals surface area (Å²) in [6.45, 7) is 3.21. The van der Waals surface area contributed by atoms with Crippen LogP contribution in [0.2, 0.25) is 0 Å². The van der Waals surface area contributed by atoms with Crippen LogP contribution in [0.25, 0.3) is 16.6 Å². The Balaban J connectivity index is 1.33. The lowest BCUT2D eigenvalue weighted by Gasteiger charge is -2.37. The summed E-state index contributed by atoms with van der Waals surface area (Å²) in [5.74, 6) is 1.47. The van der Waals surface area contributed by atoms with Gasteiger partial charge in [0.25, 0.3) is 0 Å². The first-order chi connectivity index (χ1) is 14.2. The van der Waals surface area contributed by atoms with Crippen LogP contribution in [-0.4, -0.2) is 43.3 Å². The minimum atomic E-state index is -0.205. The fourth-order valence-electron chi connectivity index (χ4n) is 4.04. The number of ether oxygens (including phenoxy) is 1. The molecule has 0 radical (unpaired) electrons. The van der Waals surface area contributed by atoms with Crippen molar-refractivity contribution >= 4 is 28.0 Å². The number of hydrogen-bond acceptors (Lipinski definition) is 4. The molecule has 0 unspecified atom stereocenters. The van der Waals surface area contributed by atoms with Crippen molar-refractivity contribution in [3.8, 4) is 5.75 Å². The van der Waals surface area contributed by atoms with Gasteiger partial charge in [0.2, 0.25) is 0 Å². The van der Waals surface area contributed by atoms with Crippen LogP contribution in [0.15, 0.2) is 54.6 Å². The van der Waals surface area contributed by atoms with E-state index in [1.165, 1.54) is 0 Å². The van der Waals surface area contributed by atoms with E-state index in [4.69, 9.17) is 9.72 Å². The van der Waals surface area contributed by atoms with E-state index >= 15 is 0 Å². The van der Waals surface area contributed by atoms with E-state index in [9.17, 15) is 4.39 Å². The monoisotopic (exact) mass is 390 g/mol. The molecule has 1 fully saturated rings. The molecule has 29 heavy (non-hydrogen) atoms. The standard InChI is InChI=1S/C23H23FN4O/c1-29-18-8-6-17(7-9-18)27-10-12-28(13-11-27)22-15-21-20(14-19(22)24)25-23(26-21)16-4-2-3-5-16/h2-4,6-9,14-15H,5,10-13H2,1H3,(H,25,26). The number of hydrogen-bond donors (Lipinski definition) is 1. The normalized spacial score (nSPS) is 16.6. The van der Waals surface area contributed by atoms with Crippen molar-refractivity contribution in [2.24, 2.45) is 0 Å². The molecular formula is C23H23FN4O. The predicted octanol–water partition coefficient (Wildman–Crippen LogP) is 4.38. The van der Waals surface area contributed by atoms with Crippen LogP contribution >= 0.6 is 0 Å². The summed E-state index contributed by atoms with van der Waals surface area (Å²) in [7, 11) is 1.67. The van der Waals surface area contributed by atoms with Gasteiger partial charge in [0.1, 0.15) is 17.4 Å². The maximum absolute atomic E-state index is 14.9. The predicted molar refractivity (Wildman–Crippen MR) is 115 cm³/mol. The van der Waals surface area contributed by atoms with Crippen molar-refractivity contribution in [3.63, 3.8) is 0 Å². The van der Waals surface area contributed by atoms with Gasteiger partial charge >= 0.3 is 0 Å². The lowest BCUT2D eigenvalue weighted by Crippen LogP contribution is -2.46. The number of halogens is 1. The zero-order valence-electron chi connectivity index (χ0n) is 16.4. The molecule has 0 bridgehead atoms. The van der Waals surface area contributed by atoms with Crippen molar-refractivity contribution in [3.05, 3.63) is 66.3 Å². The van der Waals surface area contributed by atoms with Gasteiger partial charge in [-0.3, -0.25) is 0 Å². The molecular weight excluding hydrogens is 367 g/mol. The summed E-state index contributed by atoms with van der Waals surface area (Å²) >= 11 is 0. The Hall–Kier alpha value is -3.28. The summed E-state index contributed by atoms with van der Waals surface area (Å²) in [5, 5.41) is 0. The Labute approximate surface area is 169 Å². The number of anilines is 2. The first-order valence-corrected chi connectivity index (χ1v) is 9.90. The molecule has 5 rings (SSSR count). The number of methoxy groups -OCH3 is 1. The van der Waals surface area contributed by atoms with Gasteiger partial charge in [0.05, 0.1) is 23.8 Å². The second kappa shape index (κ2) is 7.28. The molecule has 2 aromatic carbocycles. The molecule has 6 heteroatoms. The van der Waals surface area contributed by atoms with Crippen LogP contribution in [0.4, 0.5) is 15.8 Å². The maximum Gasteiger partial charge on any atom is 0.148 e. The van der Waals surface area contributed by atoms with E-state index in [-0.39, 0.29) is 5.82 Å².